The van der Waals surface area contributed by atoms with Crippen LogP contribution in [0.1, 0.15) is 26.7 Å². The average Bonchev–Trinajstić information content (AvgIpc) is 2.45. The normalized spacial score (nSPS) is 28.7. The molecule has 2 aliphatic heterocycles. The van der Waals surface area contributed by atoms with Crippen LogP contribution in [0.15, 0.2) is 0 Å². The molecule has 0 aromatic carbocycles. The Kier molecular flexibility index (Phi) is 5.60. The summed E-state index contributed by atoms with van der Waals surface area (Å²) in [5, 5.41) is 3.46. The minimum Gasteiger partial charge on any atom is -0.376 e. The van der Waals surface area contributed by atoms with E-state index in [-0.39, 0.29) is 12.0 Å². The Morgan fingerprint density at radius 1 is 1.42 bits per heavy atom. The summed E-state index contributed by atoms with van der Waals surface area (Å²) in [6.07, 6.45) is 1.90. The van der Waals surface area contributed by atoms with E-state index >= 15 is 0 Å². The fourth-order valence-corrected chi connectivity index (χ4v) is 2.67. The number of piperidine rings is 1. The van der Waals surface area contributed by atoms with Gasteiger partial charge in [-0.3, -0.25) is 4.79 Å². The molecular weight excluding hydrogens is 244 g/mol. The molecule has 0 spiro atoms. The van der Waals surface area contributed by atoms with Crippen LogP contribution in [0.4, 0.5) is 0 Å². The van der Waals surface area contributed by atoms with Crippen molar-refractivity contribution in [3.63, 3.8) is 0 Å². The highest BCUT2D eigenvalue weighted by Crippen LogP contribution is 2.18. The fraction of sp³-hybridized carbons (Fsp3) is 0.929. The molecule has 0 saturated carbocycles. The molecule has 2 heterocycles. The summed E-state index contributed by atoms with van der Waals surface area (Å²) in [6, 6.07) is 0.501. The van der Waals surface area contributed by atoms with Crippen molar-refractivity contribution >= 4 is 5.91 Å². The fourth-order valence-electron chi connectivity index (χ4n) is 2.67. The molecule has 0 aromatic heterocycles. The van der Waals surface area contributed by atoms with Crippen LogP contribution in [0, 0.1) is 5.92 Å². The Labute approximate surface area is 115 Å². The number of nitrogens with one attached hydrogen (secondary N) is 1. The third-order valence-corrected chi connectivity index (χ3v) is 3.74. The van der Waals surface area contributed by atoms with Gasteiger partial charge in [0.25, 0.3) is 5.91 Å². The third kappa shape index (κ3) is 4.44. The Hall–Kier alpha value is -0.650. The molecule has 0 aliphatic carbocycles. The molecule has 19 heavy (non-hydrogen) atoms. The maximum Gasteiger partial charge on any atom is 0.254 e. The van der Waals surface area contributed by atoms with Gasteiger partial charge in [0.2, 0.25) is 0 Å². The second-order valence-electron chi connectivity index (χ2n) is 5.79. The monoisotopic (exact) mass is 270 g/mol. The van der Waals surface area contributed by atoms with Crippen LogP contribution in [0.25, 0.3) is 0 Å². The van der Waals surface area contributed by atoms with Crippen LogP contribution in [0.5, 0.6) is 0 Å². The first-order valence-electron chi connectivity index (χ1n) is 7.38. The van der Waals surface area contributed by atoms with Gasteiger partial charge in [0.15, 0.2) is 6.10 Å². The lowest BCUT2D eigenvalue weighted by molar-refractivity contribution is -0.159. The van der Waals surface area contributed by atoms with Crippen molar-refractivity contribution in [3.05, 3.63) is 0 Å². The van der Waals surface area contributed by atoms with E-state index in [9.17, 15) is 4.79 Å². The van der Waals surface area contributed by atoms with E-state index in [0.717, 1.165) is 26.1 Å². The molecule has 2 fully saturated rings. The number of amides is 1. The van der Waals surface area contributed by atoms with Gasteiger partial charge in [0.1, 0.15) is 0 Å². The Morgan fingerprint density at radius 3 is 2.95 bits per heavy atom. The summed E-state index contributed by atoms with van der Waals surface area (Å²) >= 11 is 0. The molecule has 2 unspecified atom stereocenters. The summed E-state index contributed by atoms with van der Waals surface area (Å²) in [6.45, 7) is 8.54. The quantitative estimate of drug-likeness (QED) is 0.814. The van der Waals surface area contributed by atoms with Crippen molar-refractivity contribution < 1.29 is 14.3 Å². The molecule has 2 rings (SSSR count). The number of hydrogen-bond acceptors (Lipinski definition) is 4. The third-order valence-electron chi connectivity index (χ3n) is 3.74. The van der Waals surface area contributed by atoms with Crippen molar-refractivity contribution in [1.82, 2.24) is 10.2 Å². The smallest absolute Gasteiger partial charge is 0.254 e. The number of hydrogen-bond donors (Lipinski definition) is 1. The van der Waals surface area contributed by atoms with Crippen LogP contribution in [0.3, 0.4) is 0 Å². The number of rotatable bonds is 4. The summed E-state index contributed by atoms with van der Waals surface area (Å²) in [5.41, 5.74) is 0. The van der Waals surface area contributed by atoms with Gasteiger partial charge >= 0.3 is 0 Å². The predicted octanol–water partition coefficient (Wildman–Crippen LogP) is 0.638. The number of carbonyl (C=O) groups excluding carboxylic acids is 1. The number of carbonyl (C=O) groups is 1. The lowest BCUT2D eigenvalue weighted by Gasteiger charge is -2.36. The van der Waals surface area contributed by atoms with E-state index in [4.69, 9.17) is 9.47 Å². The molecule has 5 heteroatoms. The van der Waals surface area contributed by atoms with Gasteiger partial charge in [-0.25, -0.2) is 0 Å². The standard InChI is InChI=1S/C14H26N2O3/c1-11(2)15-8-12-4-3-5-16(9-12)14(17)13-10-18-6-7-19-13/h11-13,15H,3-10H2,1-2H3. The molecule has 0 bridgehead atoms. The van der Waals surface area contributed by atoms with Gasteiger partial charge in [0.05, 0.1) is 19.8 Å². The zero-order valence-electron chi connectivity index (χ0n) is 12.1. The van der Waals surface area contributed by atoms with E-state index in [0.29, 0.717) is 31.8 Å². The molecule has 1 amide bonds. The molecule has 2 aliphatic rings. The zero-order valence-corrected chi connectivity index (χ0v) is 12.1. The minimum absolute atomic E-state index is 0.106. The first kappa shape index (κ1) is 14.8. The van der Waals surface area contributed by atoms with Crippen LogP contribution >= 0.6 is 0 Å². The van der Waals surface area contributed by atoms with Crippen LogP contribution in [0.2, 0.25) is 0 Å². The number of nitrogens with zero attached hydrogens (tertiary/aromatic N) is 1. The van der Waals surface area contributed by atoms with Crippen molar-refractivity contribution in [3.8, 4) is 0 Å². The van der Waals surface area contributed by atoms with Crippen molar-refractivity contribution in [2.45, 2.75) is 38.8 Å². The lowest BCUT2D eigenvalue weighted by Crippen LogP contribution is -2.50. The van der Waals surface area contributed by atoms with Crippen molar-refractivity contribution in [1.29, 1.82) is 0 Å². The molecule has 2 saturated heterocycles. The Bertz CT molecular complexity index is 290. The van der Waals surface area contributed by atoms with Gasteiger partial charge < -0.3 is 19.7 Å². The van der Waals surface area contributed by atoms with Crippen LogP contribution in [-0.2, 0) is 14.3 Å². The molecule has 0 radical (unpaired) electrons. The maximum absolute atomic E-state index is 12.3. The number of likely N-dealkylation sites (tertiary alicyclic amines) is 1. The van der Waals surface area contributed by atoms with Crippen molar-refractivity contribution in [2.24, 2.45) is 5.92 Å². The van der Waals surface area contributed by atoms with Gasteiger partial charge in [-0.15, -0.1) is 0 Å². The summed E-state index contributed by atoms with van der Waals surface area (Å²) in [5.74, 6) is 0.665. The summed E-state index contributed by atoms with van der Waals surface area (Å²) in [4.78, 5) is 14.3. The second kappa shape index (κ2) is 7.22. The van der Waals surface area contributed by atoms with Crippen LogP contribution in [-0.4, -0.2) is 62.4 Å². The predicted molar refractivity (Wildman–Crippen MR) is 73.0 cm³/mol. The zero-order chi connectivity index (χ0) is 13.7. The van der Waals surface area contributed by atoms with Gasteiger partial charge in [0, 0.05) is 19.1 Å². The average molecular weight is 270 g/mol. The highest BCUT2D eigenvalue weighted by atomic mass is 16.6. The SMILES string of the molecule is CC(C)NCC1CCCN(C(=O)C2COCCO2)C1. The molecular formula is C14H26N2O3. The first-order chi connectivity index (χ1) is 9.16. The highest BCUT2D eigenvalue weighted by molar-refractivity contribution is 5.81. The van der Waals surface area contributed by atoms with E-state index in [2.05, 4.69) is 19.2 Å². The first-order valence-corrected chi connectivity index (χ1v) is 7.38. The summed E-state index contributed by atoms with van der Waals surface area (Å²) in [7, 11) is 0. The van der Waals surface area contributed by atoms with E-state index in [1.807, 2.05) is 4.90 Å². The van der Waals surface area contributed by atoms with Gasteiger partial charge in [-0.1, -0.05) is 13.8 Å². The minimum atomic E-state index is -0.384. The van der Waals surface area contributed by atoms with Gasteiger partial charge in [-0.2, -0.15) is 0 Å². The summed E-state index contributed by atoms with van der Waals surface area (Å²) < 4.78 is 10.8. The largest absolute Gasteiger partial charge is 0.376 e. The maximum atomic E-state index is 12.3. The number of ether oxygens (including phenoxy) is 2. The highest BCUT2D eigenvalue weighted by Gasteiger charge is 2.30. The molecule has 0 aromatic rings. The molecule has 5 nitrogen and oxygen atoms in total. The molecule has 1 N–H and O–H groups in total. The molecule has 2 atom stereocenters. The van der Waals surface area contributed by atoms with Gasteiger partial charge in [-0.05, 0) is 25.3 Å². The second-order valence-corrected chi connectivity index (χ2v) is 5.79. The Morgan fingerprint density at radius 2 is 2.26 bits per heavy atom. The topological polar surface area (TPSA) is 50.8 Å². The Balaban J connectivity index is 1.80. The van der Waals surface area contributed by atoms with Crippen molar-refractivity contribution in [2.75, 3.05) is 39.5 Å². The van der Waals surface area contributed by atoms with Crippen LogP contribution < -0.4 is 5.32 Å². The van der Waals surface area contributed by atoms with E-state index < -0.39 is 0 Å². The molecule has 110 valence electrons. The van der Waals surface area contributed by atoms with E-state index in [1.165, 1.54) is 6.42 Å². The lowest BCUT2D eigenvalue weighted by atomic mass is 9.97. The van der Waals surface area contributed by atoms with E-state index in [1.54, 1.807) is 0 Å².